The molecular weight excluding hydrogens is 294 g/mol. The lowest BCUT2D eigenvalue weighted by atomic mass is 10.1. The summed E-state index contributed by atoms with van der Waals surface area (Å²) in [5, 5.41) is 12.5. The van der Waals surface area contributed by atoms with E-state index < -0.39 is 6.10 Å². The van der Waals surface area contributed by atoms with E-state index in [0.29, 0.717) is 24.4 Å². The minimum Gasteiger partial charge on any atom is -0.391 e. The van der Waals surface area contributed by atoms with E-state index in [-0.39, 0.29) is 5.91 Å². The van der Waals surface area contributed by atoms with Gasteiger partial charge < -0.3 is 10.4 Å². The van der Waals surface area contributed by atoms with Crippen LogP contribution >= 0.6 is 15.9 Å². The molecule has 0 aromatic heterocycles. The number of hydrogen-bond donors (Lipinski definition) is 2. The summed E-state index contributed by atoms with van der Waals surface area (Å²) in [4.78, 5) is 12.0. The summed E-state index contributed by atoms with van der Waals surface area (Å²) < 4.78 is 0.876. The molecule has 0 saturated heterocycles. The van der Waals surface area contributed by atoms with Gasteiger partial charge in [-0.25, -0.2) is 0 Å². The minimum absolute atomic E-state index is 0.142. The van der Waals surface area contributed by atoms with E-state index in [0.717, 1.165) is 10.0 Å². The molecule has 0 heterocycles. The zero-order chi connectivity index (χ0) is 13.7. The Hall–Kier alpha value is -0.870. The molecule has 1 amide bonds. The number of hydrogen-bond acceptors (Lipinski definition) is 2. The molecule has 0 saturated carbocycles. The number of aliphatic hydroxyl groups excluding tert-OH is 1. The Morgan fingerprint density at radius 1 is 1.44 bits per heavy atom. The van der Waals surface area contributed by atoms with Crippen LogP contribution in [0.15, 0.2) is 22.7 Å². The number of benzene rings is 1. The van der Waals surface area contributed by atoms with Crippen molar-refractivity contribution in [2.75, 3.05) is 6.54 Å². The van der Waals surface area contributed by atoms with Gasteiger partial charge in [0.1, 0.15) is 0 Å². The van der Waals surface area contributed by atoms with Crippen LogP contribution in [0.3, 0.4) is 0 Å². The van der Waals surface area contributed by atoms with E-state index in [1.807, 2.05) is 32.9 Å². The van der Waals surface area contributed by atoms with Gasteiger partial charge in [0.05, 0.1) is 6.10 Å². The van der Waals surface area contributed by atoms with E-state index in [1.54, 1.807) is 6.07 Å². The number of carbonyl (C=O) groups excluding carboxylic acids is 1. The van der Waals surface area contributed by atoms with E-state index >= 15 is 0 Å². The fourth-order valence-corrected chi connectivity index (χ4v) is 2.13. The van der Waals surface area contributed by atoms with Gasteiger partial charge in [-0.05, 0) is 37.0 Å². The van der Waals surface area contributed by atoms with Gasteiger partial charge in [0.2, 0.25) is 0 Å². The van der Waals surface area contributed by atoms with Crippen molar-refractivity contribution in [1.82, 2.24) is 5.32 Å². The van der Waals surface area contributed by atoms with Gasteiger partial charge in [-0.1, -0.05) is 35.8 Å². The Balaban J connectivity index is 2.58. The second-order valence-electron chi connectivity index (χ2n) is 4.95. The molecule has 2 N–H and O–H groups in total. The molecule has 0 aliphatic heterocycles. The lowest BCUT2D eigenvalue weighted by molar-refractivity contribution is 0.0899. The molecule has 0 aliphatic carbocycles. The van der Waals surface area contributed by atoms with E-state index in [1.165, 1.54) is 0 Å². The van der Waals surface area contributed by atoms with Crippen LogP contribution in [-0.2, 0) is 0 Å². The first-order valence-electron chi connectivity index (χ1n) is 6.12. The first kappa shape index (κ1) is 15.2. The van der Waals surface area contributed by atoms with Crippen LogP contribution in [0.1, 0.15) is 36.2 Å². The Labute approximate surface area is 117 Å². The van der Waals surface area contributed by atoms with Gasteiger partial charge in [-0.3, -0.25) is 4.79 Å². The summed E-state index contributed by atoms with van der Waals surface area (Å²) in [7, 11) is 0. The monoisotopic (exact) mass is 313 g/mol. The smallest absolute Gasteiger partial charge is 0.251 e. The zero-order valence-electron chi connectivity index (χ0n) is 11.0. The molecule has 0 radical (unpaired) electrons. The Kier molecular flexibility index (Phi) is 5.82. The summed E-state index contributed by atoms with van der Waals surface area (Å²) in [6.07, 6.45) is 0.207. The fourth-order valence-electron chi connectivity index (χ4n) is 1.77. The molecule has 1 aromatic rings. The number of amides is 1. The number of halogens is 1. The lowest BCUT2D eigenvalue weighted by Gasteiger charge is -2.14. The molecule has 0 aliphatic rings. The first-order chi connectivity index (χ1) is 8.40. The standard InChI is InChI=1S/C14H20BrNO2/c1-9(2)6-12(17)8-16-14(18)13-7-11(15)5-4-10(13)3/h4-5,7,9,12,17H,6,8H2,1-3H3,(H,16,18). The number of rotatable bonds is 5. The van der Waals surface area contributed by atoms with Crippen molar-refractivity contribution in [3.63, 3.8) is 0 Å². The second kappa shape index (κ2) is 6.90. The maximum atomic E-state index is 12.0. The van der Waals surface area contributed by atoms with Gasteiger partial charge in [0.25, 0.3) is 5.91 Å². The number of aryl methyl sites for hydroxylation is 1. The van der Waals surface area contributed by atoms with Crippen LogP contribution in [0.4, 0.5) is 0 Å². The molecule has 1 rings (SSSR count). The molecule has 1 aromatic carbocycles. The van der Waals surface area contributed by atoms with Crippen molar-refractivity contribution in [3.05, 3.63) is 33.8 Å². The van der Waals surface area contributed by atoms with Crippen molar-refractivity contribution in [2.45, 2.75) is 33.3 Å². The minimum atomic E-state index is -0.485. The maximum absolute atomic E-state index is 12.0. The maximum Gasteiger partial charge on any atom is 0.251 e. The third kappa shape index (κ3) is 4.78. The number of nitrogens with one attached hydrogen (secondary N) is 1. The number of carbonyl (C=O) groups is 1. The summed E-state index contributed by atoms with van der Waals surface area (Å²) >= 11 is 3.35. The predicted octanol–water partition coefficient (Wildman–Crippen LogP) is 2.89. The summed E-state index contributed by atoms with van der Waals surface area (Å²) in [5.41, 5.74) is 1.56. The lowest BCUT2D eigenvalue weighted by Crippen LogP contribution is -2.33. The molecule has 18 heavy (non-hydrogen) atoms. The summed E-state index contributed by atoms with van der Waals surface area (Å²) in [6, 6.07) is 5.59. The molecule has 4 heteroatoms. The fraction of sp³-hybridized carbons (Fsp3) is 0.500. The van der Waals surface area contributed by atoms with Crippen LogP contribution in [0, 0.1) is 12.8 Å². The van der Waals surface area contributed by atoms with Gasteiger partial charge in [0, 0.05) is 16.6 Å². The molecule has 0 bridgehead atoms. The van der Waals surface area contributed by atoms with E-state index in [2.05, 4.69) is 21.2 Å². The average Bonchev–Trinajstić information content (AvgIpc) is 2.28. The van der Waals surface area contributed by atoms with E-state index in [4.69, 9.17) is 0 Å². The second-order valence-corrected chi connectivity index (χ2v) is 5.87. The third-order valence-electron chi connectivity index (χ3n) is 2.69. The quantitative estimate of drug-likeness (QED) is 0.878. The largest absolute Gasteiger partial charge is 0.391 e. The van der Waals surface area contributed by atoms with Crippen molar-refractivity contribution in [2.24, 2.45) is 5.92 Å². The molecule has 0 spiro atoms. The predicted molar refractivity (Wildman–Crippen MR) is 76.7 cm³/mol. The van der Waals surface area contributed by atoms with Crippen LogP contribution in [0.2, 0.25) is 0 Å². The normalized spacial score (nSPS) is 12.6. The van der Waals surface area contributed by atoms with Gasteiger partial charge in [-0.2, -0.15) is 0 Å². The van der Waals surface area contributed by atoms with Crippen LogP contribution in [-0.4, -0.2) is 23.7 Å². The highest BCUT2D eigenvalue weighted by atomic mass is 79.9. The number of aliphatic hydroxyl groups is 1. The Bertz CT molecular complexity index is 418. The zero-order valence-corrected chi connectivity index (χ0v) is 12.6. The molecule has 1 unspecified atom stereocenters. The van der Waals surface area contributed by atoms with Crippen LogP contribution < -0.4 is 5.32 Å². The SMILES string of the molecule is Cc1ccc(Br)cc1C(=O)NCC(O)CC(C)C. The highest BCUT2D eigenvalue weighted by molar-refractivity contribution is 9.10. The molecule has 100 valence electrons. The van der Waals surface area contributed by atoms with Crippen molar-refractivity contribution in [1.29, 1.82) is 0 Å². The summed E-state index contributed by atoms with van der Waals surface area (Å²) in [5.74, 6) is 0.279. The average molecular weight is 314 g/mol. The Morgan fingerprint density at radius 2 is 2.11 bits per heavy atom. The molecule has 1 atom stereocenters. The highest BCUT2D eigenvalue weighted by Gasteiger charge is 2.12. The Morgan fingerprint density at radius 3 is 2.72 bits per heavy atom. The van der Waals surface area contributed by atoms with E-state index in [9.17, 15) is 9.90 Å². The molecular formula is C14H20BrNO2. The third-order valence-corrected chi connectivity index (χ3v) is 3.18. The van der Waals surface area contributed by atoms with Gasteiger partial charge >= 0.3 is 0 Å². The molecule has 3 nitrogen and oxygen atoms in total. The molecule has 0 fully saturated rings. The first-order valence-corrected chi connectivity index (χ1v) is 6.92. The highest BCUT2D eigenvalue weighted by Crippen LogP contribution is 2.16. The van der Waals surface area contributed by atoms with Gasteiger partial charge in [0.15, 0.2) is 0 Å². The summed E-state index contributed by atoms with van der Waals surface area (Å²) in [6.45, 7) is 6.28. The van der Waals surface area contributed by atoms with Crippen molar-refractivity contribution >= 4 is 21.8 Å². The van der Waals surface area contributed by atoms with Crippen molar-refractivity contribution in [3.8, 4) is 0 Å². The van der Waals surface area contributed by atoms with Crippen LogP contribution in [0.5, 0.6) is 0 Å². The van der Waals surface area contributed by atoms with Gasteiger partial charge in [-0.15, -0.1) is 0 Å². The van der Waals surface area contributed by atoms with Crippen LogP contribution in [0.25, 0.3) is 0 Å². The van der Waals surface area contributed by atoms with Crippen molar-refractivity contribution < 1.29 is 9.90 Å². The topological polar surface area (TPSA) is 49.3 Å².